The van der Waals surface area contributed by atoms with Crippen LogP contribution in [0.25, 0.3) is 0 Å². The van der Waals surface area contributed by atoms with Gasteiger partial charge in [0.05, 0.1) is 6.10 Å². The summed E-state index contributed by atoms with van der Waals surface area (Å²) < 4.78 is 34.8. The van der Waals surface area contributed by atoms with E-state index >= 15 is 0 Å². The van der Waals surface area contributed by atoms with Crippen LogP contribution in [0, 0.1) is 0 Å². The van der Waals surface area contributed by atoms with E-state index in [1.165, 1.54) is 0 Å². The Morgan fingerprint density at radius 2 is 1.50 bits per heavy atom. The van der Waals surface area contributed by atoms with Crippen molar-refractivity contribution in [1.29, 1.82) is 0 Å². The van der Waals surface area contributed by atoms with Crippen LogP contribution in [0.1, 0.15) is 41.5 Å². The van der Waals surface area contributed by atoms with Crippen molar-refractivity contribution in [3.8, 4) is 0 Å². The summed E-state index contributed by atoms with van der Waals surface area (Å²) >= 11 is 0. The lowest BCUT2D eigenvalue weighted by Crippen LogP contribution is -2.62. The van der Waals surface area contributed by atoms with Crippen molar-refractivity contribution < 1.29 is 33.2 Å². The van der Waals surface area contributed by atoms with Gasteiger partial charge in [0.25, 0.3) is 0 Å². The molecule has 8 nitrogen and oxygen atoms in total. The molecule has 0 aromatic carbocycles. The van der Waals surface area contributed by atoms with Crippen molar-refractivity contribution in [2.75, 3.05) is 0 Å². The van der Waals surface area contributed by atoms with Gasteiger partial charge < -0.3 is 34.2 Å². The van der Waals surface area contributed by atoms with Crippen LogP contribution in [0.4, 0.5) is 0 Å². The molecule has 3 fully saturated rings. The third-order valence-electron chi connectivity index (χ3n) is 4.17. The van der Waals surface area contributed by atoms with Gasteiger partial charge in [-0.3, -0.25) is 4.79 Å². The summed E-state index contributed by atoms with van der Waals surface area (Å²) in [4.78, 5) is 12.2. The molecule has 138 valence electrons. The molecule has 3 aliphatic rings. The molecule has 0 bridgehead atoms. The molecule has 8 heteroatoms. The first-order chi connectivity index (χ1) is 11.0. The van der Waals surface area contributed by atoms with Crippen LogP contribution in [-0.2, 0) is 33.2 Å². The fraction of sp³-hybridized carbons (Fsp3) is 0.938. The molecule has 24 heavy (non-hydrogen) atoms. The summed E-state index contributed by atoms with van der Waals surface area (Å²) in [5, 5.41) is 0. The van der Waals surface area contributed by atoms with Crippen LogP contribution < -0.4 is 5.73 Å². The van der Waals surface area contributed by atoms with Gasteiger partial charge in [0.1, 0.15) is 30.5 Å². The van der Waals surface area contributed by atoms with Gasteiger partial charge in [0, 0.05) is 0 Å². The number of nitrogens with two attached hydrogens (primary N) is 1. The summed E-state index contributed by atoms with van der Waals surface area (Å²) in [6.07, 6.45) is -3.13. The van der Waals surface area contributed by atoms with Gasteiger partial charge in [-0.1, -0.05) is 0 Å². The minimum atomic E-state index is -1.01. The summed E-state index contributed by atoms with van der Waals surface area (Å²) in [5.41, 5.74) is 6.10. The predicted octanol–water partition coefficient (Wildman–Crippen LogP) is 0.662. The van der Waals surface area contributed by atoms with Gasteiger partial charge in [0.15, 0.2) is 17.9 Å². The van der Waals surface area contributed by atoms with E-state index in [2.05, 4.69) is 0 Å². The van der Waals surface area contributed by atoms with E-state index in [1.807, 2.05) is 0 Å². The highest BCUT2D eigenvalue weighted by Crippen LogP contribution is 2.44. The molecule has 0 aromatic heterocycles. The van der Waals surface area contributed by atoms with Gasteiger partial charge in [0.2, 0.25) is 0 Å². The molecular formula is C16H27NO7. The number of fused-ring (bicyclic) bond motifs is 3. The Hall–Kier alpha value is -0.770. The maximum Gasteiger partial charge on any atom is 0.325 e. The predicted molar refractivity (Wildman–Crippen MR) is 81.7 cm³/mol. The van der Waals surface area contributed by atoms with Crippen LogP contribution in [-0.4, -0.2) is 60.4 Å². The molecule has 0 aromatic rings. The Kier molecular flexibility index (Phi) is 4.43. The minimum absolute atomic E-state index is 0.266. The van der Waals surface area contributed by atoms with E-state index < -0.39 is 54.3 Å². The zero-order chi connectivity index (χ0) is 17.9. The first-order valence-electron chi connectivity index (χ1n) is 8.32. The van der Waals surface area contributed by atoms with Gasteiger partial charge in [-0.25, -0.2) is 0 Å². The summed E-state index contributed by atoms with van der Waals surface area (Å²) in [6, 6.07) is -1.01. The fourth-order valence-electron chi connectivity index (χ4n) is 3.38. The molecule has 0 spiro atoms. The smallest absolute Gasteiger partial charge is 0.325 e. The molecule has 0 amide bonds. The van der Waals surface area contributed by atoms with E-state index in [9.17, 15) is 4.79 Å². The first kappa shape index (κ1) is 18.0. The van der Waals surface area contributed by atoms with Crippen molar-refractivity contribution >= 4 is 5.97 Å². The average Bonchev–Trinajstić information content (AvgIpc) is 2.90. The Morgan fingerprint density at radius 1 is 0.958 bits per heavy atom. The monoisotopic (exact) mass is 345 g/mol. The zero-order valence-electron chi connectivity index (χ0n) is 15.0. The normalized spacial score (nSPS) is 40.9. The Balaban J connectivity index is 1.83. The second-order valence-corrected chi connectivity index (χ2v) is 7.65. The molecule has 3 heterocycles. The number of carbonyl (C=O) groups is 1. The highest BCUT2D eigenvalue weighted by atomic mass is 16.9. The molecule has 0 saturated carbocycles. The van der Waals surface area contributed by atoms with Gasteiger partial charge >= 0.3 is 5.97 Å². The number of hydrogen-bond donors (Lipinski definition) is 1. The van der Waals surface area contributed by atoms with E-state index in [0.29, 0.717) is 0 Å². The molecule has 6 atom stereocenters. The van der Waals surface area contributed by atoms with Crippen molar-refractivity contribution in [3.05, 3.63) is 0 Å². The molecule has 0 unspecified atom stereocenters. The zero-order valence-corrected chi connectivity index (χ0v) is 15.0. The molecule has 3 saturated heterocycles. The maximum absolute atomic E-state index is 12.2. The lowest BCUT2D eigenvalue weighted by atomic mass is 9.94. The minimum Gasteiger partial charge on any atom is -0.462 e. The summed E-state index contributed by atoms with van der Waals surface area (Å²) in [7, 11) is 0. The van der Waals surface area contributed by atoms with Crippen LogP contribution in [0.2, 0.25) is 0 Å². The quantitative estimate of drug-likeness (QED) is 0.745. The lowest BCUT2D eigenvalue weighted by Gasteiger charge is -2.39. The molecule has 0 radical (unpaired) electrons. The largest absolute Gasteiger partial charge is 0.462 e. The molecule has 3 aliphatic heterocycles. The average molecular weight is 345 g/mol. The Bertz CT molecular complexity index is 507. The van der Waals surface area contributed by atoms with E-state index in [1.54, 1.807) is 41.5 Å². The van der Waals surface area contributed by atoms with Gasteiger partial charge in [-0.05, 0) is 41.5 Å². The van der Waals surface area contributed by atoms with Crippen molar-refractivity contribution in [2.45, 2.75) is 96.0 Å². The van der Waals surface area contributed by atoms with Crippen LogP contribution in [0.3, 0.4) is 0 Å². The number of esters is 1. The number of carbonyl (C=O) groups excluding carboxylic acids is 1. The molecular weight excluding hydrogens is 318 g/mol. The van der Waals surface area contributed by atoms with E-state index in [4.69, 9.17) is 34.2 Å². The van der Waals surface area contributed by atoms with E-state index in [-0.39, 0.29) is 6.10 Å². The standard InChI is InChI=1S/C16H27NO7/c1-7(2)19-13(18)8(17)9-10-11(22-15(3,4)21-10)12-14(20-9)24-16(5,6)23-12/h7-12,14H,17H2,1-6H3/t8-,9-,10+,11+,12-,14-/m1/s1. The Labute approximate surface area is 141 Å². The number of ether oxygens (including phenoxy) is 6. The maximum atomic E-state index is 12.2. The SMILES string of the molecule is CC(C)OC(=O)[C@H](N)[C@H]1O[C@@H]2OC(C)(C)O[C@@H]2[C@H]2OC(C)(C)O[C@H]21. The summed E-state index contributed by atoms with van der Waals surface area (Å²) in [5.74, 6) is -2.18. The number of hydrogen-bond acceptors (Lipinski definition) is 8. The molecule has 0 aliphatic carbocycles. The molecule has 2 N–H and O–H groups in total. The third kappa shape index (κ3) is 3.31. The lowest BCUT2D eigenvalue weighted by molar-refractivity contribution is -0.239. The first-order valence-corrected chi connectivity index (χ1v) is 8.32. The highest BCUT2D eigenvalue weighted by molar-refractivity contribution is 5.76. The second kappa shape index (κ2) is 5.89. The second-order valence-electron chi connectivity index (χ2n) is 7.65. The Morgan fingerprint density at radius 3 is 2.12 bits per heavy atom. The van der Waals surface area contributed by atoms with Crippen LogP contribution in [0.15, 0.2) is 0 Å². The van der Waals surface area contributed by atoms with Crippen LogP contribution >= 0.6 is 0 Å². The van der Waals surface area contributed by atoms with Gasteiger partial charge in [-0.15, -0.1) is 0 Å². The summed E-state index contributed by atoms with van der Waals surface area (Å²) in [6.45, 7) is 10.7. The van der Waals surface area contributed by atoms with Crippen molar-refractivity contribution in [3.63, 3.8) is 0 Å². The van der Waals surface area contributed by atoms with Gasteiger partial charge in [-0.2, -0.15) is 0 Å². The molecule has 3 rings (SSSR count). The van der Waals surface area contributed by atoms with E-state index in [0.717, 1.165) is 0 Å². The highest BCUT2D eigenvalue weighted by Gasteiger charge is 2.62. The van der Waals surface area contributed by atoms with Crippen molar-refractivity contribution in [2.24, 2.45) is 5.73 Å². The van der Waals surface area contributed by atoms with Crippen LogP contribution in [0.5, 0.6) is 0 Å². The van der Waals surface area contributed by atoms with Crippen molar-refractivity contribution in [1.82, 2.24) is 0 Å². The fourth-order valence-corrected chi connectivity index (χ4v) is 3.38. The topological polar surface area (TPSA) is 98.5 Å². The third-order valence-corrected chi connectivity index (χ3v) is 4.17. The number of rotatable bonds is 3.